The van der Waals surface area contributed by atoms with Gasteiger partial charge in [0.05, 0.1) is 49.8 Å². The molecule has 2 rings (SSSR count). The normalized spacial score (nSPS) is 12.1. The van der Waals surface area contributed by atoms with Gasteiger partial charge in [0, 0.05) is 12.1 Å². The van der Waals surface area contributed by atoms with E-state index >= 15 is 0 Å². The first-order chi connectivity index (χ1) is 17.7. The second kappa shape index (κ2) is 12.0. The van der Waals surface area contributed by atoms with Crippen LogP contribution in [0.4, 0.5) is 34.1 Å². The number of carbonyl (C=O) groups is 2. The van der Waals surface area contributed by atoms with Crippen molar-refractivity contribution in [2.24, 2.45) is 11.8 Å². The minimum absolute atomic E-state index is 0.282. The lowest BCUT2D eigenvalue weighted by Crippen LogP contribution is -2.46. The topological polar surface area (TPSA) is 275 Å². The number of non-ortho nitro benzene ring substituents is 2. The number of hydrogen-bond acceptors (Lipinski definition) is 13. The molecule has 19 nitrogen and oxygen atoms in total. The summed E-state index contributed by atoms with van der Waals surface area (Å²) in [5.74, 6) is -4.34. The van der Waals surface area contributed by atoms with Gasteiger partial charge in [-0.1, -0.05) is 13.8 Å². The van der Waals surface area contributed by atoms with Crippen LogP contribution < -0.4 is 21.7 Å². The third-order valence-corrected chi connectivity index (χ3v) is 5.27. The van der Waals surface area contributed by atoms with Crippen molar-refractivity contribution < 1.29 is 34.4 Å². The van der Waals surface area contributed by atoms with Gasteiger partial charge in [-0.2, -0.15) is 0 Å². The highest BCUT2D eigenvalue weighted by atomic mass is 16.6. The Morgan fingerprint density at radius 1 is 0.684 bits per heavy atom. The summed E-state index contributed by atoms with van der Waals surface area (Å²) in [6.45, 7) is 2.48. The third kappa shape index (κ3) is 6.81. The lowest BCUT2D eigenvalue weighted by molar-refractivity contribution is -0.393. The number of amides is 2. The van der Waals surface area contributed by atoms with Crippen LogP contribution in [-0.4, -0.2) is 42.7 Å². The zero-order chi connectivity index (χ0) is 28.7. The van der Waals surface area contributed by atoms with E-state index in [1.54, 1.807) is 0 Å². The molecule has 0 bridgehead atoms. The number of hydrazine groups is 2. The molecule has 2 aromatic carbocycles. The SMILES string of the molecule is C[C@@H](C(=O)NNc1ccc([N+](=O)[O-])cc1[N+](=O)[O-])C(O)[C@@H](C)C(=O)NNc1ccc([N+](=O)[O-])cc1[N+](=O)[O-]. The van der Waals surface area contributed by atoms with Gasteiger partial charge in [-0.25, -0.2) is 0 Å². The first-order valence-corrected chi connectivity index (χ1v) is 10.4. The molecular formula is C19H20N8O11. The Kier molecular flexibility index (Phi) is 9.08. The van der Waals surface area contributed by atoms with Gasteiger partial charge in [-0.3, -0.25) is 71.7 Å². The number of nitro groups is 4. The molecule has 19 heteroatoms. The van der Waals surface area contributed by atoms with Gasteiger partial charge < -0.3 is 5.11 Å². The van der Waals surface area contributed by atoms with Gasteiger partial charge >= 0.3 is 11.4 Å². The fraction of sp³-hybridized carbons (Fsp3) is 0.263. The molecule has 2 aromatic rings. The van der Waals surface area contributed by atoms with Gasteiger partial charge in [0.1, 0.15) is 11.4 Å². The number of nitrogens with one attached hydrogen (secondary N) is 4. The van der Waals surface area contributed by atoms with Gasteiger partial charge in [-0.05, 0) is 12.1 Å². The van der Waals surface area contributed by atoms with E-state index in [1.165, 1.54) is 13.8 Å². The monoisotopic (exact) mass is 536 g/mol. The number of aliphatic hydroxyl groups is 1. The number of hydrogen-bond donors (Lipinski definition) is 5. The smallest absolute Gasteiger partial charge is 0.300 e. The van der Waals surface area contributed by atoms with E-state index in [4.69, 9.17) is 0 Å². The van der Waals surface area contributed by atoms with Crippen molar-refractivity contribution in [1.82, 2.24) is 10.9 Å². The summed E-state index contributed by atoms with van der Waals surface area (Å²) in [4.78, 5) is 65.4. The molecule has 0 aliphatic heterocycles. The molecule has 38 heavy (non-hydrogen) atoms. The Morgan fingerprint density at radius 3 is 1.32 bits per heavy atom. The molecule has 0 unspecified atom stereocenters. The van der Waals surface area contributed by atoms with E-state index in [0.29, 0.717) is 12.1 Å². The predicted octanol–water partition coefficient (Wildman–Crippen LogP) is 1.54. The maximum absolute atomic E-state index is 12.4. The Balaban J connectivity index is 2.02. The molecular weight excluding hydrogens is 516 g/mol. The maximum Gasteiger partial charge on any atom is 0.300 e. The van der Waals surface area contributed by atoms with Gasteiger partial charge in [-0.15, -0.1) is 0 Å². The zero-order valence-electron chi connectivity index (χ0n) is 19.5. The fourth-order valence-corrected chi connectivity index (χ4v) is 3.01. The third-order valence-electron chi connectivity index (χ3n) is 5.27. The second-order valence-electron chi connectivity index (χ2n) is 7.73. The van der Waals surface area contributed by atoms with Crippen molar-refractivity contribution in [2.75, 3.05) is 10.9 Å². The van der Waals surface area contributed by atoms with E-state index in [-0.39, 0.29) is 11.4 Å². The van der Waals surface area contributed by atoms with Crippen LogP contribution in [0.15, 0.2) is 36.4 Å². The molecule has 5 N–H and O–H groups in total. The summed E-state index contributed by atoms with van der Waals surface area (Å²) < 4.78 is 0. The van der Waals surface area contributed by atoms with Crippen molar-refractivity contribution in [2.45, 2.75) is 20.0 Å². The van der Waals surface area contributed by atoms with Crippen molar-refractivity contribution in [3.63, 3.8) is 0 Å². The van der Waals surface area contributed by atoms with Gasteiger partial charge in [0.25, 0.3) is 11.4 Å². The lowest BCUT2D eigenvalue weighted by Gasteiger charge is -2.24. The molecule has 0 spiro atoms. The van der Waals surface area contributed by atoms with E-state index < -0.39 is 72.2 Å². The number of anilines is 2. The molecule has 0 saturated carbocycles. The maximum atomic E-state index is 12.4. The largest absolute Gasteiger partial charge is 0.391 e. The predicted molar refractivity (Wildman–Crippen MR) is 127 cm³/mol. The van der Waals surface area contributed by atoms with Gasteiger partial charge in [0.2, 0.25) is 11.8 Å². The molecule has 202 valence electrons. The molecule has 0 radical (unpaired) electrons. The quantitative estimate of drug-likeness (QED) is 0.190. The Labute approximate surface area is 211 Å². The molecule has 2 amide bonds. The molecule has 0 aliphatic rings. The van der Waals surface area contributed by atoms with Crippen LogP contribution in [0, 0.1) is 52.3 Å². The van der Waals surface area contributed by atoms with Crippen LogP contribution in [-0.2, 0) is 9.59 Å². The number of carbonyl (C=O) groups excluding carboxylic acids is 2. The van der Waals surface area contributed by atoms with Gasteiger partial charge in [0.15, 0.2) is 0 Å². The molecule has 0 fully saturated rings. The first kappa shape index (κ1) is 28.8. The molecule has 0 aliphatic carbocycles. The van der Waals surface area contributed by atoms with E-state index in [9.17, 15) is 55.2 Å². The minimum atomic E-state index is -1.61. The number of benzene rings is 2. The molecule has 0 aromatic heterocycles. The highest BCUT2D eigenvalue weighted by Crippen LogP contribution is 2.29. The number of rotatable bonds is 12. The lowest BCUT2D eigenvalue weighted by atomic mass is 9.92. The van der Waals surface area contributed by atoms with Crippen LogP contribution in [0.3, 0.4) is 0 Å². The Morgan fingerprint density at radius 2 is 1.03 bits per heavy atom. The highest BCUT2D eigenvalue weighted by Gasteiger charge is 2.32. The van der Waals surface area contributed by atoms with Crippen molar-refractivity contribution in [1.29, 1.82) is 0 Å². The molecule has 2 atom stereocenters. The summed E-state index contributed by atoms with van der Waals surface area (Å²) in [6.07, 6.45) is -1.61. The standard InChI is InChI=1S/C19H20N8O11/c1-9(18(29)22-20-13-5-3-11(24(31)32)7-15(13)26(35)36)17(28)10(2)19(30)23-21-14-6-4-12(25(33)34)8-16(14)27(37)38/h3-10,17,20-21,28H,1-2H3,(H,22,29)(H,23,30)/t9-,10-/m1/s1. The zero-order valence-corrected chi connectivity index (χ0v) is 19.5. The van der Waals surface area contributed by atoms with Crippen LogP contribution >= 0.6 is 0 Å². The Hall–Kier alpha value is -5.46. The summed E-state index contributed by atoms with van der Waals surface area (Å²) >= 11 is 0. The number of nitro benzene ring substituents is 4. The average molecular weight is 536 g/mol. The first-order valence-electron chi connectivity index (χ1n) is 10.4. The molecule has 0 saturated heterocycles. The minimum Gasteiger partial charge on any atom is -0.391 e. The van der Waals surface area contributed by atoms with Crippen LogP contribution in [0.1, 0.15) is 13.8 Å². The van der Waals surface area contributed by atoms with E-state index in [2.05, 4.69) is 21.7 Å². The van der Waals surface area contributed by atoms with Crippen LogP contribution in [0.25, 0.3) is 0 Å². The Bertz CT molecular complexity index is 1200. The fourth-order valence-electron chi connectivity index (χ4n) is 3.01. The second-order valence-corrected chi connectivity index (χ2v) is 7.73. The molecule has 0 heterocycles. The van der Waals surface area contributed by atoms with Crippen molar-refractivity contribution in [3.05, 3.63) is 76.9 Å². The van der Waals surface area contributed by atoms with Crippen LogP contribution in [0.5, 0.6) is 0 Å². The van der Waals surface area contributed by atoms with E-state index in [1.807, 2.05) is 0 Å². The summed E-state index contributed by atoms with van der Waals surface area (Å²) in [5.41, 5.74) is 5.63. The summed E-state index contributed by atoms with van der Waals surface area (Å²) in [5, 5.41) is 54.5. The number of nitrogens with zero attached hydrogens (tertiary/aromatic N) is 4. The average Bonchev–Trinajstić information content (AvgIpc) is 2.88. The van der Waals surface area contributed by atoms with Crippen molar-refractivity contribution in [3.8, 4) is 0 Å². The van der Waals surface area contributed by atoms with Crippen molar-refractivity contribution >= 4 is 45.9 Å². The summed E-state index contributed by atoms with van der Waals surface area (Å²) in [7, 11) is 0. The van der Waals surface area contributed by atoms with E-state index in [0.717, 1.165) is 24.3 Å². The highest BCUT2D eigenvalue weighted by molar-refractivity contribution is 5.84. The number of aliphatic hydroxyl groups excluding tert-OH is 1. The van der Waals surface area contributed by atoms with Crippen LogP contribution in [0.2, 0.25) is 0 Å². The summed E-state index contributed by atoms with van der Waals surface area (Å²) in [6, 6.07) is 5.29.